The summed E-state index contributed by atoms with van der Waals surface area (Å²) in [6.45, 7) is 3.84. The summed E-state index contributed by atoms with van der Waals surface area (Å²) in [4.78, 5) is 23.6. The molecule has 1 aliphatic heterocycles. The van der Waals surface area contributed by atoms with E-state index >= 15 is 0 Å². The van der Waals surface area contributed by atoms with Crippen LogP contribution in [0.4, 0.5) is 0 Å². The summed E-state index contributed by atoms with van der Waals surface area (Å²) in [5.41, 5.74) is 1.01. The monoisotopic (exact) mass is 418 g/mol. The fourth-order valence-electron chi connectivity index (χ4n) is 3.33. The van der Waals surface area contributed by atoms with Crippen LogP contribution in [0.5, 0.6) is 0 Å². The van der Waals surface area contributed by atoms with Gasteiger partial charge in [0.05, 0.1) is 22.5 Å². The highest BCUT2D eigenvalue weighted by Gasteiger charge is 2.21. The molecule has 1 atom stereocenters. The summed E-state index contributed by atoms with van der Waals surface area (Å²) < 4.78 is 2.13. The molecule has 1 N–H and O–H groups in total. The Kier molecular flexibility index (Phi) is 6.39. The second-order valence-electron chi connectivity index (χ2n) is 6.71. The van der Waals surface area contributed by atoms with Gasteiger partial charge in [0.1, 0.15) is 5.01 Å². The van der Waals surface area contributed by atoms with E-state index in [1.165, 1.54) is 34.3 Å². The zero-order chi connectivity index (χ0) is 18.5. The van der Waals surface area contributed by atoms with Crippen LogP contribution in [-0.2, 0) is 11.3 Å². The van der Waals surface area contributed by atoms with Crippen LogP contribution in [0.15, 0.2) is 40.2 Å². The first kappa shape index (κ1) is 18.9. The van der Waals surface area contributed by atoms with Gasteiger partial charge in [0.2, 0.25) is 5.91 Å². The number of nitrogens with zero attached hydrogens (tertiary/aromatic N) is 3. The highest BCUT2D eigenvalue weighted by molar-refractivity contribution is 8.01. The molecule has 3 aromatic rings. The molecular formula is C19H22N4OS3. The van der Waals surface area contributed by atoms with Crippen LogP contribution in [0.25, 0.3) is 10.2 Å². The summed E-state index contributed by atoms with van der Waals surface area (Å²) in [6.07, 6.45) is 4.23. The summed E-state index contributed by atoms with van der Waals surface area (Å²) in [6, 6.07) is 8.09. The number of piperidine rings is 1. The van der Waals surface area contributed by atoms with Crippen LogP contribution in [0.2, 0.25) is 0 Å². The van der Waals surface area contributed by atoms with Crippen LogP contribution in [0.1, 0.15) is 17.8 Å². The Morgan fingerprint density at radius 1 is 1.37 bits per heavy atom. The number of carbonyl (C=O) groups excluding carboxylic acids is 1. The molecule has 1 unspecified atom stereocenters. The van der Waals surface area contributed by atoms with Crippen molar-refractivity contribution in [2.45, 2.75) is 23.7 Å². The molecule has 1 aromatic carbocycles. The lowest BCUT2D eigenvalue weighted by molar-refractivity contribution is -0.118. The molecule has 0 spiro atoms. The van der Waals surface area contributed by atoms with E-state index in [0.29, 0.717) is 11.7 Å². The molecule has 1 saturated heterocycles. The van der Waals surface area contributed by atoms with Crippen LogP contribution in [0, 0.1) is 5.92 Å². The maximum Gasteiger partial charge on any atom is 0.230 e. The lowest BCUT2D eigenvalue weighted by Crippen LogP contribution is -2.40. The average Bonchev–Trinajstić information content (AvgIpc) is 3.34. The quantitative estimate of drug-likeness (QED) is 0.590. The summed E-state index contributed by atoms with van der Waals surface area (Å²) in [5.74, 6) is 1.04. The zero-order valence-corrected chi connectivity index (χ0v) is 17.4. The van der Waals surface area contributed by atoms with E-state index in [0.717, 1.165) is 36.0 Å². The number of fused-ring (bicyclic) bond motifs is 1. The van der Waals surface area contributed by atoms with Gasteiger partial charge in [0.15, 0.2) is 4.34 Å². The van der Waals surface area contributed by atoms with Gasteiger partial charge in [-0.1, -0.05) is 23.9 Å². The minimum absolute atomic E-state index is 0.0938. The number of thiazole rings is 2. The maximum absolute atomic E-state index is 12.2. The standard InChI is InChI=1S/C19H22N4OS3/c24-17(13-26-19-22-15-5-1-2-6-16(15)27-19)21-10-14-4-3-8-23(11-14)12-18-20-7-9-25-18/h1-2,5-7,9,14H,3-4,8,10-13H2,(H,21,24). The van der Waals surface area contributed by atoms with Crippen molar-refractivity contribution in [1.29, 1.82) is 0 Å². The Balaban J connectivity index is 1.20. The van der Waals surface area contributed by atoms with Crippen molar-refractivity contribution >= 4 is 50.6 Å². The van der Waals surface area contributed by atoms with E-state index in [1.807, 2.05) is 29.8 Å². The van der Waals surface area contributed by atoms with Gasteiger partial charge < -0.3 is 5.32 Å². The molecule has 0 radical (unpaired) electrons. The van der Waals surface area contributed by atoms with E-state index in [-0.39, 0.29) is 5.91 Å². The van der Waals surface area contributed by atoms with Gasteiger partial charge in [0.25, 0.3) is 0 Å². The van der Waals surface area contributed by atoms with E-state index in [4.69, 9.17) is 0 Å². The van der Waals surface area contributed by atoms with Crippen molar-refractivity contribution in [3.05, 3.63) is 40.8 Å². The van der Waals surface area contributed by atoms with Crippen LogP contribution < -0.4 is 5.32 Å². The molecular weight excluding hydrogens is 396 g/mol. The van der Waals surface area contributed by atoms with Crippen LogP contribution in [-0.4, -0.2) is 46.2 Å². The topological polar surface area (TPSA) is 58.1 Å². The highest BCUT2D eigenvalue weighted by Crippen LogP contribution is 2.29. The van der Waals surface area contributed by atoms with Crippen molar-refractivity contribution in [3.63, 3.8) is 0 Å². The van der Waals surface area contributed by atoms with E-state index in [9.17, 15) is 4.79 Å². The van der Waals surface area contributed by atoms with E-state index < -0.39 is 0 Å². The number of thioether (sulfide) groups is 1. The predicted molar refractivity (Wildman–Crippen MR) is 113 cm³/mol. The number of rotatable bonds is 7. The Labute approximate surface area is 171 Å². The fourth-order valence-corrected chi connectivity index (χ4v) is 5.89. The normalized spacial score (nSPS) is 18.0. The number of carbonyl (C=O) groups is 1. The lowest BCUT2D eigenvalue weighted by atomic mass is 9.98. The molecule has 3 heterocycles. The molecule has 142 valence electrons. The first-order chi connectivity index (χ1) is 13.3. The first-order valence-electron chi connectivity index (χ1n) is 9.12. The Morgan fingerprint density at radius 2 is 2.30 bits per heavy atom. The smallest absolute Gasteiger partial charge is 0.230 e. The third kappa shape index (κ3) is 5.28. The van der Waals surface area contributed by atoms with Gasteiger partial charge in [-0.05, 0) is 37.4 Å². The largest absolute Gasteiger partial charge is 0.355 e. The Hall–Kier alpha value is -1.48. The molecule has 27 heavy (non-hydrogen) atoms. The Morgan fingerprint density at radius 3 is 3.15 bits per heavy atom. The number of amides is 1. The van der Waals surface area contributed by atoms with Gasteiger partial charge in [-0.25, -0.2) is 9.97 Å². The van der Waals surface area contributed by atoms with Gasteiger partial charge in [-0.3, -0.25) is 9.69 Å². The number of hydrogen-bond donors (Lipinski definition) is 1. The van der Waals surface area contributed by atoms with Gasteiger partial charge in [0, 0.05) is 24.7 Å². The summed E-state index contributed by atoms with van der Waals surface area (Å²) in [7, 11) is 0. The number of benzene rings is 1. The van der Waals surface area contributed by atoms with Crippen molar-refractivity contribution in [2.24, 2.45) is 5.92 Å². The first-order valence-corrected chi connectivity index (χ1v) is 11.8. The third-order valence-corrected chi connectivity index (χ3v) is 7.58. The van der Waals surface area contributed by atoms with Crippen molar-refractivity contribution < 1.29 is 4.79 Å². The SMILES string of the molecule is O=C(CSc1nc2ccccc2s1)NCC1CCCN(Cc2nccs2)C1. The fraction of sp³-hybridized carbons (Fsp3) is 0.421. The molecule has 1 fully saturated rings. The van der Waals surface area contributed by atoms with Crippen LogP contribution in [0.3, 0.4) is 0 Å². The van der Waals surface area contributed by atoms with Gasteiger partial charge in [-0.2, -0.15) is 0 Å². The number of aromatic nitrogens is 2. The molecule has 0 bridgehead atoms. The van der Waals surface area contributed by atoms with Gasteiger partial charge in [-0.15, -0.1) is 22.7 Å². The molecule has 0 aliphatic carbocycles. The lowest BCUT2D eigenvalue weighted by Gasteiger charge is -2.32. The molecule has 4 rings (SSSR count). The second kappa shape index (κ2) is 9.14. The van der Waals surface area contributed by atoms with Crippen molar-refractivity contribution in [1.82, 2.24) is 20.2 Å². The number of likely N-dealkylation sites (tertiary alicyclic amines) is 1. The predicted octanol–water partition coefficient (Wildman–Crippen LogP) is 3.87. The molecule has 1 aliphatic rings. The number of nitrogens with one attached hydrogen (secondary N) is 1. The Bertz CT molecular complexity index is 847. The van der Waals surface area contributed by atoms with E-state index in [1.54, 1.807) is 22.7 Å². The van der Waals surface area contributed by atoms with Crippen LogP contribution >= 0.6 is 34.4 Å². The highest BCUT2D eigenvalue weighted by atomic mass is 32.2. The molecule has 5 nitrogen and oxygen atoms in total. The number of hydrogen-bond acceptors (Lipinski definition) is 7. The summed E-state index contributed by atoms with van der Waals surface area (Å²) >= 11 is 4.88. The third-order valence-electron chi connectivity index (χ3n) is 4.63. The average molecular weight is 419 g/mol. The molecule has 2 aromatic heterocycles. The minimum Gasteiger partial charge on any atom is -0.355 e. The van der Waals surface area contributed by atoms with E-state index in [2.05, 4.69) is 26.3 Å². The van der Waals surface area contributed by atoms with Gasteiger partial charge >= 0.3 is 0 Å². The minimum atomic E-state index is 0.0938. The molecule has 0 saturated carbocycles. The second-order valence-corrected chi connectivity index (χ2v) is 9.94. The van der Waals surface area contributed by atoms with Crippen molar-refractivity contribution in [3.8, 4) is 0 Å². The van der Waals surface area contributed by atoms with Crippen molar-refractivity contribution in [2.75, 3.05) is 25.4 Å². The summed E-state index contributed by atoms with van der Waals surface area (Å²) in [5, 5.41) is 6.31. The molecule has 8 heteroatoms. The zero-order valence-electron chi connectivity index (χ0n) is 15.0. The molecule has 1 amide bonds. The maximum atomic E-state index is 12.2. The number of para-hydroxylation sites is 1.